The van der Waals surface area contributed by atoms with Gasteiger partial charge in [0.1, 0.15) is 5.56 Å². The first kappa shape index (κ1) is 13.5. The topological polar surface area (TPSA) is 110 Å². The maximum Gasteiger partial charge on any atom is 0.342 e. The third-order valence-corrected chi connectivity index (χ3v) is 2.65. The van der Waals surface area contributed by atoms with Gasteiger partial charge in [0.25, 0.3) is 5.69 Å². The summed E-state index contributed by atoms with van der Waals surface area (Å²) in [5.74, 6) is -1.33. The fourth-order valence-corrected chi connectivity index (χ4v) is 1.72. The number of nitro groups is 1. The van der Waals surface area contributed by atoms with E-state index < -0.39 is 16.6 Å². The van der Waals surface area contributed by atoms with Crippen LogP contribution in [0.3, 0.4) is 0 Å². The molecule has 0 aliphatic heterocycles. The van der Waals surface area contributed by atoms with Crippen molar-refractivity contribution in [3.8, 4) is 0 Å². The van der Waals surface area contributed by atoms with Gasteiger partial charge in [0.05, 0.1) is 11.5 Å². The maximum absolute atomic E-state index is 11.0. The summed E-state index contributed by atoms with van der Waals surface area (Å²) in [5.41, 5.74) is -0.241. The predicted molar refractivity (Wildman–Crippen MR) is 70.8 cm³/mol. The van der Waals surface area contributed by atoms with E-state index in [1.54, 1.807) is 23.1 Å². The first-order valence-electron chi connectivity index (χ1n) is 5.81. The van der Waals surface area contributed by atoms with E-state index in [4.69, 9.17) is 5.11 Å². The summed E-state index contributed by atoms with van der Waals surface area (Å²) >= 11 is 0. The van der Waals surface area contributed by atoms with Crippen LogP contribution in [0.1, 0.15) is 10.4 Å². The second-order valence-electron chi connectivity index (χ2n) is 3.99. The monoisotopic (exact) mass is 276 g/mol. The van der Waals surface area contributed by atoms with Gasteiger partial charge in [0.15, 0.2) is 0 Å². The molecule has 0 spiro atoms. The average molecular weight is 276 g/mol. The zero-order chi connectivity index (χ0) is 14.5. The van der Waals surface area contributed by atoms with Crippen LogP contribution in [0.4, 0.5) is 11.4 Å². The number of nitrogens with zero attached hydrogens (tertiary/aromatic N) is 3. The van der Waals surface area contributed by atoms with E-state index in [9.17, 15) is 14.9 Å². The number of nitrogens with one attached hydrogen (secondary N) is 1. The van der Waals surface area contributed by atoms with Crippen LogP contribution in [0.5, 0.6) is 0 Å². The minimum atomic E-state index is -1.33. The molecule has 8 heteroatoms. The third-order valence-electron chi connectivity index (χ3n) is 2.65. The summed E-state index contributed by atoms with van der Waals surface area (Å²) in [7, 11) is 0. The number of hydrogen-bond donors (Lipinski definition) is 2. The molecule has 0 fully saturated rings. The Bertz CT molecular complexity index is 624. The van der Waals surface area contributed by atoms with E-state index in [1.165, 1.54) is 18.2 Å². The Labute approximate surface area is 113 Å². The van der Waals surface area contributed by atoms with E-state index >= 15 is 0 Å². The molecule has 0 atom stereocenters. The molecule has 0 unspecified atom stereocenters. The summed E-state index contributed by atoms with van der Waals surface area (Å²) in [5, 5.41) is 26.7. The fraction of sp³-hybridized carbons (Fsp3) is 0.167. The molecule has 2 aromatic rings. The Hall–Kier alpha value is -2.90. The molecule has 0 amide bonds. The molecule has 0 bridgehead atoms. The largest absolute Gasteiger partial charge is 0.477 e. The number of nitro benzene ring substituents is 1. The molecule has 0 aliphatic rings. The Morgan fingerprint density at radius 1 is 1.50 bits per heavy atom. The van der Waals surface area contributed by atoms with Gasteiger partial charge in [-0.3, -0.25) is 14.8 Å². The molecule has 104 valence electrons. The van der Waals surface area contributed by atoms with Crippen molar-refractivity contribution in [1.82, 2.24) is 9.78 Å². The Morgan fingerprint density at radius 3 is 2.90 bits per heavy atom. The number of aromatic nitrogens is 2. The smallest absolute Gasteiger partial charge is 0.342 e. The van der Waals surface area contributed by atoms with Crippen molar-refractivity contribution in [3.63, 3.8) is 0 Å². The lowest BCUT2D eigenvalue weighted by Gasteiger charge is -2.07. The number of rotatable bonds is 6. The third kappa shape index (κ3) is 3.10. The summed E-state index contributed by atoms with van der Waals surface area (Å²) in [6.45, 7) is 1.13. The Kier molecular flexibility index (Phi) is 3.94. The lowest BCUT2D eigenvalue weighted by atomic mass is 10.1. The fourth-order valence-electron chi connectivity index (χ4n) is 1.72. The highest BCUT2D eigenvalue weighted by atomic mass is 16.6. The second kappa shape index (κ2) is 5.83. The number of anilines is 1. The minimum Gasteiger partial charge on any atom is -0.477 e. The van der Waals surface area contributed by atoms with Crippen LogP contribution in [0.2, 0.25) is 0 Å². The summed E-state index contributed by atoms with van der Waals surface area (Å²) in [4.78, 5) is 21.0. The van der Waals surface area contributed by atoms with E-state index in [0.717, 1.165) is 0 Å². The minimum absolute atomic E-state index is 0.334. The van der Waals surface area contributed by atoms with Gasteiger partial charge in [-0.05, 0) is 18.2 Å². The number of hydrogen-bond acceptors (Lipinski definition) is 5. The molecule has 0 saturated carbocycles. The average Bonchev–Trinajstić information content (AvgIpc) is 2.91. The van der Waals surface area contributed by atoms with Crippen molar-refractivity contribution in [2.24, 2.45) is 0 Å². The number of carboxylic acid groups (broad SMARTS) is 1. The van der Waals surface area contributed by atoms with Gasteiger partial charge in [-0.2, -0.15) is 5.10 Å². The van der Waals surface area contributed by atoms with Crippen molar-refractivity contribution in [2.75, 3.05) is 11.9 Å². The molecule has 1 aromatic heterocycles. The van der Waals surface area contributed by atoms with Gasteiger partial charge in [-0.1, -0.05) is 0 Å². The number of benzene rings is 1. The number of carbonyl (C=O) groups is 1. The first-order valence-corrected chi connectivity index (χ1v) is 5.81. The predicted octanol–water partition coefficient (Wildman–Crippen LogP) is 1.60. The Balaban J connectivity index is 2.07. The summed E-state index contributed by atoms with van der Waals surface area (Å²) in [6, 6.07) is 5.71. The molecule has 0 radical (unpaired) electrons. The van der Waals surface area contributed by atoms with E-state index in [2.05, 4.69) is 10.4 Å². The van der Waals surface area contributed by atoms with Crippen molar-refractivity contribution >= 4 is 17.3 Å². The molecule has 2 N–H and O–H groups in total. The highest BCUT2D eigenvalue weighted by molar-refractivity contribution is 5.93. The van der Waals surface area contributed by atoms with Crippen LogP contribution in [0.25, 0.3) is 0 Å². The van der Waals surface area contributed by atoms with Gasteiger partial charge in [0, 0.05) is 30.7 Å². The van der Waals surface area contributed by atoms with E-state index in [1.807, 2.05) is 0 Å². The lowest BCUT2D eigenvalue weighted by molar-refractivity contribution is -0.385. The zero-order valence-corrected chi connectivity index (χ0v) is 10.4. The van der Waals surface area contributed by atoms with Crippen molar-refractivity contribution in [3.05, 3.63) is 52.3 Å². The lowest BCUT2D eigenvalue weighted by Crippen LogP contribution is -2.11. The molecule has 0 saturated heterocycles. The standard InChI is InChI=1S/C12H12N4O4/c17-12(18)10-8-9(2-3-11(10)16(19)20)13-5-7-15-6-1-4-14-15/h1-4,6,8,13H,5,7H2,(H,17,18). The van der Waals surface area contributed by atoms with Crippen molar-refractivity contribution in [2.45, 2.75) is 6.54 Å². The van der Waals surface area contributed by atoms with Gasteiger partial charge < -0.3 is 10.4 Å². The highest BCUT2D eigenvalue weighted by Gasteiger charge is 2.19. The van der Waals surface area contributed by atoms with Crippen molar-refractivity contribution in [1.29, 1.82) is 0 Å². The second-order valence-corrected chi connectivity index (χ2v) is 3.99. The Morgan fingerprint density at radius 2 is 2.30 bits per heavy atom. The number of aromatic carboxylic acids is 1. The van der Waals surface area contributed by atoms with Crippen molar-refractivity contribution < 1.29 is 14.8 Å². The van der Waals surface area contributed by atoms with Crippen LogP contribution in [-0.4, -0.2) is 32.3 Å². The highest BCUT2D eigenvalue weighted by Crippen LogP contribution is 2.22. The van der Waals surface area contributed by atoms with Crippen LogP contribution >= 0.6 is 0 Å². The van der Waals surface area contributed by atoms with Crippen LogP contribution < -0.4 is 5.32 Å². The normalized spacial score (nSPS) is 10.2. The van der Waals surface area contributed by atoms with Crippen LogP contribution in [0, 0.1) is 10.1 Å². The van der Waals surface area contributed by atoms with Gasteiger partial charge in [-0.15, -0.1) is 0 Å². The van der Waals surface area contributed by atoms with E-state index in [0.29, 0.717) is 18.8 Å². The van der Waals surface area contributed by atoms with Gasteiger partial charge >= 0.3 is 5.97 Å². The summed E-state index contributed by atoms with van der Waals surface area (Å²) in [6.07, 6.45) is 3.47. The molecular formula is C12H12N4O4. The van der Waals surface area contributed by atoms with Crippen LogP contribution in [0.15, 0.2) is 36.7 Å². The molecule has 1 aromatic carbocycles. The molecule has 0 aliphatic carbocycles. The quantitative estimate of drug-likeness (QED) is 0.612. The maximum atomic E-state index is 11.0. The zero-order valence-electron chi connectivity index (χ0n) is 10.4. The molecule has 1 heterocycles. The molecule has 20 heavy (non-hydrogen) atoms. The molecule has 2 rings (SSSR count). The number of carboxylic acids is 1. The molecule has 8 nitrogen and oxygen atoms in total. The van der Waals surface area contributed by atoms with E-state index in [-0.39, 0.29) is 5.56 Å². The summed E-state index contributed by atoms with van der Waals surface area (Å²) < 4.78 is 1.72. The van der Waals surface area contributed by atoms with Gasteiger partial charge in [0.2, 0.25) is 0 Å². The van der Waals surface area contributed by atoms with Crippen LogP contribution in [-0.2, 0) is 6.54 Å². The van der Waals surface area contributed by atoms with Gasteiger partial charge in [-0.25, -0.2) is 4.79 Å². The first-order chi connectivity index (χ1) is 9.58. The SMILES string of the molecule is O=C(O)c1cc(NCCn2cccn2)ccc1[N+](=O)[O-]. The molecular weight excluding hydrogens is 264 g/mol.